The average molecular weight is 285 g/mol. The molecule has 0 amide bonds. The van der Waals surface area contributed by atoms with E-state index in [1.165, 1.54) is 17.2 Å². The van der Waals surface area contributed by atoms with Crippen molar-refractivity contribution in [3.05, 3.63) is 65.0 Å². The van der Waals surface area contributed by atoms with E-state index in [9.17, 15) is 4.39 Å². The van der Waals surface area contributed by atoms with Gasteiger partial charge in [0.25, 0.3) is 0 Å². The predicted octanol–water partition coefficient (Wildman–Crippen LogP) is 3.79. The number of hydrogen-bond acceptors (Lipinski definition) is 2. The molecular weight excluding hydrogens is 265 g/mol. The quantitative estimate of drug-likeness (QED) is 0.923. The highest BCUT2D eigenvalue weighted by Crippen LogP contribution is 2.29. The molecule has 0 aliphatic carbocycles. The maximum atomic E-state index is 13.2. The van der Waals surface area contributed by atoms with Gasteiger partial charge in [0.15, 0.2) is 0 Å². The highest BCUT2D eigenvalue weighted by atomic mass is 19.1. The molecule has 1 heterocycles. The van der Waals surface area contributed by atoms with Gasteiger partial charge in [0.05, 0.1) is 0 Å². The summed E-state index contributed by atoms with van der Waals surface area (Å²) in [6.07, 6.45) is 1.08. The minimum absolute atomic E-state index is 0.106. The molecule has 0 aromatic heterocycles. The summed E-state index contributed by atoms with van der Waals surface area (Å²) in [7, 11) is 0. The topological polar surface area (TPSA) is 21.3 Å². The summed E-state index contributed by atoms with van der Waals surface area (Å²) in [5, 5.41) is 3.43. The Morgan fingerprint density at radius 2 is 2.14 bits per heavy atom. The molecular formula is C18H20FNO. The third-order valence-electron chi connectivity index (χ3n) is 3.96. The molecule has 0 saturated heterocycles. The third kappa shape index (κ3) is 3.24. The minimum atomic E-state index is -0.193. The Morgan fingerprint density at radius 3 is 2.95 bits per heavy atom. The van der Waals surface area contributed by atoms with Crippen molar-refractivity contribution >= 4 is 0 Å². The second kappa shape index (κ2) is 5.86. The van der Waals surface area contributed by atoms with E-state index in [1.54, 1.807) is 12.1 Å². The summed E-state index contributed by atoms with van der Waals surface area (Å²) in [6.45, 7) is 4.89. The van der Waals surface area contributed by atoms with Gasteiger partial charge < -0.3 is 10.1 Å². The Kier molecular flexibility index (Phi) is 3.93. The van der Waals surface area contributed by atoms with Crippen LogP contribution in [0.2, 0.25) is 0 Å². The number of hydrogen-bond donors (Lipinski definition) is 1. The molecule has 1 aliphatic rings. The fourth-order valence-electron chi connectivity index (χ4n) is 2.77. The van der Waals surface area contributed by atoms with Crippen molar-refractivity contribution < 1.29 is 9.13 Å². The molecule has 1 unspecified atom stereocenters. The molecule has 2 atom stereocenters. The predicted molar refractivity (Wildman–Crippen MR) is 82.1 cm³/mol. The molecule has 1 N–H and O–H groups in total. The lowest BCUT2D eigenvalue weighted by molar-refractivity contribution is 0.222. The minimum Gasteiger partial charge on any atom is -0.488 e. The summed E-state index contributed by atoms with van der Waals surface area (Å²) in [5.41, 5.74) is 3.50. The molecule has 0 radical (unpaired) electrons. The summed E-state index contributed by atoms with van der Waals surface area (Å²) in [6, 6.07) is 13.1. The SMILES string of the molecule is Cc1ccc2c(c1)CC(CN[C@H](C)c1cccc(F)c1)O2. The van der Waals surface area contributed by atoms with Gasteiger partial charge in [-0.05, 0) is 43.2 Å². The van der Waals surface area contributed by atoms with E-state index in [4.69, 9.17) is 4.74 Å². The Balaban J connectivity index is 1.57. The zero-order valence-corrected chi connectivity index (χ0v) is 12.4. The van der Waals surface area contributed by atoms with Gasteiger partial charge in [0.2, 0.25) is 0 Å². The highest BCUT2D eigenvalue weighted by molar-refractivity contribution is 5.40. The van der Waals surface area contributed by atoms with Crippen LogP contribution < -0.4 is 10.1 Å². The molecule has 3 rings (SSSR count). The van der Waals surface area contributed by atoms with Crippen molar-refractivity contribution in [2.45, 2.75) is 32.4 Å². The van der Waals surface area contributed by atoms with Crippen molar-refractivity contribution in [1.82, 2.24) is 5.32 Å². The smallest absolute Gasteiger partial charge is 0.123 e. The van der Waals surface area contributed by atoms with E-state index in [-0.39, 0.29) is 18.0 Å². The van der Waals surface area contributed by atoms with E-state index in [0.29, 0.717) is 0 Å². The largest absolute Gasteiger partial charge is 0.488 e. The van der Waals surface area contributed by atoms with Crippen LogP contribution in [0.25, 0.3) is 0 Å². The first-order valence-corrected chi connectivity index (χ1v) is 7.37. The Labute approximate surface area is 125 Å². The van der Waals surface area contributed by atoms with E-state index < -0.39 is 0 Å². The Bertz CT molecular complexity index is 641. The van der Waals surface area contributed by atoms with Crippen molar-refractivity contribution in [2.75, 3.05) is 6.54 Å². The monoisotopic (exact) mass is 285 g/mol. The van der Waals surface area contributed by atoms with Gasteiger partial charge in [-0.25, -0.2) is 4.39 Å². The number of halogens is 1. The summed E-state index contributed by atoms with van der Waals surface area (Å²) >= 11 is 0. The Hall–Kier alpha value is -1.87. The first-order chi connectivity index (χ1) is 10.1. The summed E-state index contributed by atoms with van der Waals surface area (Å²) < 4.78 is 19.2. The van der Waals surface area contributed by atoms with Gasteiger partial charge in [-0.15, -0.1) is 0 Å². The van der Waals surface area contributed by atoms with Crippen molar-refractivity contribution in [1.29, 1.82) is 0 Å². The van der Waals surface area contributed by atoms with Crippen LogP contribution in [0.5, 0.6) is 5.75 Å². The van der Waals surface area contributed by atoms with Crippen LogP contribution in [-0.4, -0.2) is 12.6 Å². The van der Waals surface area contributed by atoms with Gasteiger partial charge >= 0.3 is 0 Å². The van der Waals surface area contributed by atoms with Gasteiger partial charge in [-0.1, -0.05) is 29.8 Å². The number of rotatable bonds is 4. The van der Waals surface area contributed by atoms with Crippen LogP contribution in [0, 0.1) is 12.7 Å². The molecule has 0 fully saturated rings. The Morgan fingerprint density at radius 1 is 1.29 bits per heavy atom. The van der Waals surface area contributed by atoms with Gasteiger partial charge in [-0.2, -0.15) is 0 Å². The average Bonchev–Trinajstić information content (AvgIpc) is 2.86. The molecule has 1 aliphatic heterocycles. The third-order valence-corrected chi connectivity index (χ3v) is 3.96. The van der Waals surface area contributed by atoms with Crippen molar-refractivity contribution in [3.8, 4) is 5.75 Å². The number of fused-ring (bicyclic) bond motifs is 1. The van der Waals surface area contributed by atoms with Crippen molar-refractivity contribution in [2.24, 2.45) is 0 Å². The molecule has 110 valence electrons. The lowest BCUT2D eigenvalue weighted by Crippen LogP contribution is -2.31. The van der Waals surface area contributed by atoms with Crippen LogP contribution in [-0.2, 0) is 6.42 Å². The number of benzene rings is 2. The van der Waals surface area contributed by atoms with Gasteiger partial charge in [0, 0.05) is 19.0 Å². The molecule has 0 spiro atoms. The second-order valence-electron chi connectivity index (χ2n) is 5.74. The van der Waals surface area contributed by atoms with E-state index in [0.717, 1.165) is 24.3 Å². The molecule has 2 aromatic rings. The normalized spacial score (nSPS) is 18.1. The number of nitrogens with one attached hydrogen (secondary N) is 1. The summed E-state index contributed by atoms with van der Waals surface area (Å²) in [5.74, 6) is 0.798. The van der Waals surface area contributed by atoms with Crippen LogP contribution in [0.15, 0.2) is 42.5 Å². The molecule has 0 bridgehead atoms. The van der Waals surface area contributed by atoms with E-state index >= 15 is 0 Å². The summed E-state index contributed by atoms with van der Waals surface area (Å²) in [4.78, 5) is 0. The molecule has 2 nitrogen and oxygen atoms in total. The molecule has 2 aromatic carbocycles. The second-order valence-corrected chi connectivity index (χ2v) is 5.74. The lowest BCUT2D eigenvalue weighted by atomic mass is 10.1. The van der Waals surface area contributed by atoms with Crippen LogP contribution in [0.4, 0.5) is 4.39 Å². The zero-order valence-electron chi connectivity index (χ0n) is 12.4. The zero-order chi connectivity index (χ0) is 14.8. The fraction of sp³-hybridized carbons (Fsp3) is 0.333. The molecule has 0 saturated carbocycles. The first-order valence-electron chi connectivity index (χ1n) is 7.37. The highest BCUT2D eigenvalue weighted by Gasteiger charge is 2.23. The number of ether oxygens (including phenoxy) is 1. The van der Waals surface area contributed by atoms with Gasteiger partial charge in [0.1, 0.15) is 17.7 Å². The molecule has 3 heteroatoms. The first kappa shape index (κ1) is 14.1. The maximum absolute atomic E-state index is 13.2. The number of aryl methyl sites for hydroxylation is 1. The maximum Gasteiger partial charge on any atom is 0.123 e. The van der Waals surface area contributed by atoms with Crippen molar-refractivity contribution in [3.63, 3.8) is 0 Å². The fourth-order valence-corrected chi connectivity index (χ4v) is 2.77. The lowest BCUT2D eigenvalue weighted by Gasteiger charge is -2.17. The van der Waals surface area contributed by atoms with Crippen LogP contribution in [0.3, 0.4) is 0 Å². The van der Waals surface area contributed by atoms with E-state index in [1.807, 2.05) is 19.1 Å². The molecule has 21 heavy (non-hydrogen) atoms. The van der Waals surface area contributed by atoms with Crippen LogP contribution >= 0.6 is 0 Å². The van der Waals surface area contributed by atoms with Gasteiger partial charge in [-0.3, -0.25) is 0 Å². The van der Waals surface area contributed by atoms with Crippen LogP contribution in [0.1, 0.15) is 29.7 Å². The standard InChI is InChI=1S/C18H20FNO/c1-12-6-7-18-15(8-12)10-17(21-18)11-20-13(2)14-4-3-5-16(19)9-14/h3-9,13,17,20H,10-11H2,1-2H3/t13-,17?/m1/s1. The van der Waals surface area contributed by atoms with E-state index in [2.05, 4.69) is 24.4 Å².